The topological polar surface area (TPSA) is 52.7 Å². The summed E-state index contributed by atoms with van der Waals surface area (Å²) in [7, 11) is 1.64. The minimum absolute atomic E-state index is 0.129. The lowest BCUT2D eigenvalue weighted by Gasteiger charge is -2.31. The van der Waals surface area contributed by atoms with Gasteiger partial charge in [0.25, 0.3) is 5.91 Å². The van der Waals surface area contributed by atoms with E-state index >= 15 is 0 Å². The number of halogens is 1. The van der Waals surface area contributed by atoms with E-state index in [9.17, 15) is 14.0 Å². The molecule has 2 heterocycles. The van der Waals surface area contributed by atoms with E-state index in [2.05, 4.69) is 11.9 Å². The van der Waals surface area contributed by atoms with Gasteiger partial charge >= 0.3 is 6.03 Å². The van der Waals surface area contributed by atoms with Gasteiger partial charge in [0.1, 0.15) is 5.82 Å². The first-order chi connectivity index (χ1) is 10.5. The van der Waals surface area contributed by atoms with E-state index in [0.717, 1.165) is 0 Å². The van der Waals surface area contributed by atoms with Gasteiger partial charge in [0.15, 0.2) is 0 Å². The Morgan fingerprint density at radius 1 is 1.36 bits per heavy atom. The second kappa shape index (κ2) is 5.29. The average molecular weight is 301 g/mol. The van der Waals surface area contributed by atoms with Gasteiger partial charge in [-0.05, 0) is 17.7 Å². The van der Waals surface area contributed by atoms with Crippen molar-refractivity contribution in [1.29, 1.82) is 0 Å². The van der Waals surface area contributed by atoms with E-state index in [4.69, 9.17) is 0 Å². The lowest BCUT2D eigenvalue weighted by Crippen LogP contribution is -2.45. The number of nitrogens with one attached hydrogen (secondary N) is 1. The molecule has 0 saturated carbocycles. The number of hydrogen-bond acceptors (Lipinski definition) is 2. The highest BCUT2D eigenvalue weighted by molar-refractivity contribution is 6.01. The van der Waals surface area contributed by atoms with E-state index in [-0.39, 0.29) is 17.8 Å². The molecule has 0 spiro atoms. The molecule has 0 saturated heterocycles. The van der Waals surface area contributed by atoms with Crippen LogP contribution in [0.4, 0.5) is 9.18 Å². The summed E-state index contributed by atoms with van der Waals surface area (Å²) >= 11 is 0. The summed E-state index contributed by atoms with van der Waals surface area (Å²) in [5.74, 6) is -0.487. The van der Waals surface area contributed by atoms with Gasteiger partial charge < -0.3 is 10.2 Å². The summed E-state index contributed by atoms with van der Waals surface area (Å²) in [6.07, 6.45) is 1.65. The summed E-state index contributed by atoms with van der Waals surface area (Å²) in [6, 6.07) is 4.98. The van der Waals surface area contributed by atoms with E-state index in [1.54, 1.807) is 30.2 Å². The number of hydrogen-bond donors (Lipinski definition) is 1. The number of urea groups is 1. The van der Waals surface area contributed by atoms with E-state index in [0.29, 0.717) is 29.9 Å². The zero-order valence-corrected chi connectivity index (χ0v) is 12.2. The molecule has 3 rings (SSSR count). The maximum absolute atomic E-state index is 13.1. The van der Waals surface area contributed by atoms with Crippen LogP contribution >= 0.6 is 0 Å². The molecule has 0 radical (unpaired) electrons. The van der Waals surface area contributed by atoms with Crippen LogP contribution in [0.3, 0.4) is 0 Å². The summed E-state index contributed by atoms with van der Waals surface area (Å²) in [5, 5.41) is 2.80. The van der Waals surface area contributed by atoms with Gasteiger partial charge in [0.2, 0.25) is 0 Å². The van der Waals surface area contributed by atoms with E-state index in [1.807, 2.05) is 0 Å². The van der Waals surface area contributed by atoms with Crippen molar-refractivity contribution in [2.75, 3.05) is 20.1 Å². The highest BCUT2D eigenvalue weighted by Gasteiger charge is 2.42. The van der Waals surface area contributed by atoms with Crippen LogP contribution in [0.25, 0.3) is 0 Å². The van der Waals surface area contributed by atoms with Crippen molar-refractivity contribution in [2.24, 2.45) is 0 Å². The molecule has 0 bridgehead atoms. The number of benzene rings is 1. The second-order valence-corrected chi connectivity index (χ2v) is 5.33. The molecule has 2 aliphatic heterocycles. The van der Waals surface area contributed by atoms with Crippen LogP contribution in [-0.4, -0.2) is 41.9 Å². The Kier molecular flexibility index (Phi) is 3.44. The van der Waals surface area contributed by atoms with E-state index < -0.39 is 6.04 Å². The van der Waals surface area contributed by atoms with Crippen LogP contribution in [0.1, 0.15) is 11.6 Å². The predicted molar refractivity (Wildman–Crippen MR) is 79.2 cm³/mol. The SMILES string of the molecule is C=CCN1CC2=C(C1=O)C(c1ccc(F)cc1)NC(=O)N2C. The van der Waals surface area contributed by atoms with Gasteiger partial charge in [0, 0.05) is 13.6 Å². The molecule has 1 aromatic rings. The number of nitrogens with zero attached hydrogens (tertiary/aromatic N) is 2. The van der Waals surface area contributed by atoms with Crippen LogP contribution in [0.2, 0.25) is 0 Å². The predicted octanol–water partition coefficient (Wildman–Crippen LogP) is 1.80. The van der Waals surface area contributed by atoms with Gasteiger partial charge in [-0.3, -0.25) is 9.69 Å². The molecule has 1 atom stereocenters. The Bertz CT molecular complexity index is 681. The minimum Gasteiger partial charge on any atom is -0.329 e. The standard InChI is InChI=1S/C16H16FN3O2/c1-3-8-20-9-12-13(15(20)21)14(18-16(22)19(12)2)10-4-6-11(17)7-5-10/h3-7,14H,1,8-9H2,2H3,(H,18,22). The van der Waals surface area contributed by atoms with Crippen LogP contribution in [-0.2, 0) is 4.79 Å². The fraction of sp³-hybridized carbons (Fsp3) is 0.250. The fourth-order valence-corrected chi connectivity index (χ4v) is 2.83. The van der Waals surface area contributed by atoms with Gasteiger partial charge in [-0.2, -0.15) is 0 Å². The maximum atomic E-state index is 13.1. The molecule has 22 heavy (non-hydrogen) atoms. The highest BCUT2D eigenvalue weighted by atomic mass is 19.1. The second-order valence-electron chi connectivity index (χ2n) is 5.33. The fourth-order valence-electron chi connectivity index (χ4n) is 2.83. The molecule has 1 unspecified atom stereocenters. The Morgan fingerprint density at radius 2 is 2.05 bits per heavy atom. The van der Waals surface area contributed by atoms with Gasteiger partial charge in [0.05, 0.1) is 23.9 Å². The molecule has 114 valence electrons. The van der Waals surface area contributed by atoms with Crippen molar-refractivity contribution < 1.29 is 14.0 Å². The first kappa shape index (κ1) is 14.3. The molecular weight excluding hydrogens is 285 g/mol. The smallest absolute Gasteiger partial charge is 0.322 e. The summed E-state index contributed by atoms with van der Waals surface area (Å²) in [5.41, 5.74) is 1.91. The van der Waals surface area contributed by atoms with Crippen molar-refractivity contribution in [3.8, 4) is 0 Å². The molecular formula is C16H16FN3O2. The number of carbonyl (C=O) groups excluding carboxylic acids is 2. The third-order valence-electron chi connectivity index (χ3n) is 3.99. The lowest BCUT2D eigenvalue weighted by atomic mass is 9.96. The maximum Gasteiger partial charge on any atom is 0.322 e. The van der Waals surface area contributed by atoms with Crippen molar-refractivity contribution >= 4 is 11.9 Å². The van der Waals surface area contributed by atoms with Crippen molar-refractivity contribution in [3.05, 3.63) is 59.6 Å². The van der Waals surface area contributed by atoms with Gasteiger partial charge in [-0.15, -0.1) is 6.58 Å². The Labute approximate surface area is 127 Å². The molecule has 0 fully saturated rings. The number of carbonyl (C=O) groups is 2. The number of amides is 3. The van der Waals surface area contributed by atoms with Gasteiger partial charge in [-0.25, -0.2) is 9.18 Å². The Balaban J connectivity index is 2.03. The normalized spacial score (nSPS) is 21.1. The molecule has 3 amide bonds. The summed E-state index contributed by atoms with van der Waals surface area (Å²) in [4.78, 5) is 27.8. The van der Waals surface area contributed by atoms with Crippen LogP contribution in [0.15, 0.2) is 48.2 Å². The zero-order valence-electron chi connectivity index (χ0n) is 12.2. The number of rotatable bonds is 3. The van der Waals surface area contributed by atoms with Crippen molar-refractivity contribution in [1.82, 2.24) is 15.1 Å². The Hall–Kier alpha value is -2.63. The largest absolute Gasteiger partial charge is 0.329 e. The first-order valence-corrected chi connectivity index (χ1v) is 6.96. The first-order valence-electron chi connectivity index (χ1n) is 6.96. The third kappa shape index (κ3) is 2.16. The van der Waals surface area contributed by atoms with Crippen molar-refractivity contribution in [3.63, 3.8) is 0 Å². The molecule has 1 N–H and O–H groups in total. The molecule has 5 nitrogen and oxygen atoms in total. The van der Waals surface area contributed by atoms with Crippen LogP contribution in [0, 0.1) is 5.82 Å². The monoisotopic (exact) mass is 301 g/mol. The van der Waals surface area contributed by atoms with Crippen LogP contribution in [0.5, 0.6) is 0 Å². The summed E-state index contributed by atoms with van der Waals surface area (Å²) in [6.45, 7) is 4.44. The van der Waals surface area contributed by atoms with Crippen LogP contribution < -0.4 is 5.32 Å². The molecule has 0 aliphatic carbocycles. The summed E-state index contributed by atoms with van der Waals surface area (Å²) < 4.78 is 13.1. The highest BCUT2D eigenvalue weighted by Crippen LogP contribution is 2.35. The van der Waals surface area contributed by atoms with Crippen molar-refractivity contribution in [2.45, 2.75) is 6.04 Å². The number of likely N-dealkylation sites (N-methyl/N-ethyl adjacent to an activating group) is 1. The lowest BCUT2D eigenvalue weighted by molar-refractivity contribution is -0.125. The van der Waals surface area contributed by atoms with Gasteiger partial charge in [-0.1, -0.05) is 18.2 Å². The zero-order chi connectivity index (χ0) is 15.9. The molecule has 2 aliphatic rings. The third-order valence-corrected chi connectivity index (χ3v) is 3.99. The molecule has 6 heteroatoms. The molecule has 0 aromatic heterocycles. The quantitative estimate of drug-likeness (QED) is 0.866. The minimum atomic E-state index is -0.554. The van der Waals surface area contributed by atoms with E-state index in [1.165, 1.54) is 17.0 Å². The average Bonchev–Trinajstić information content (AvgIpc) is 2.82. The Morgan fingerprint density at radius 3 is 2.68 bits per heavy atom. The molecule has 1 aromatic carbocycles.